The molecule has 0 amide bonds. The molecule has 0 fully saturated rings. The van der Waals surface area contributed by atoms with Crippen molar-refractivity contribution in [3.8, 4) is 0 Å². The molecule has 0 bridgehead atoms. The van der Waals surface area contributed by atoms with Gasteiger partial charge in [-0.2, -0.15) is 0 Å². The van der Waals surface area contributed by atoms with Crippen LogP contribution in [0.3, 0.4) is 0 Å². The van der Waals surface area contributed by atoms with E-state index in [4.69, 9.17) is 5.11 Å². The molecular weight excluding hydrogens is 212 g/mol. The van der Waals surface area contributed by atoms with Crippen molar-refractivity contribution in [2.45, 2.75) is 34.1 Å². The molecule has 0 saturated carbocycles. The first-order valence-electron chi connectivity index (χ1n) is 5.89. The average molecular weight is 232 g/mol. The Hall–Kier alpha value is -1.57. The van der Waals surface area contributed by atoms with Crippen LogP contribution in [0.4, 0.5) is 0 Å². The second-order valence-electron chi connectivity index (χ2n) is 4.82. The summed E-state index contributed by atoms with van der Waals surface area (Å²) in [6.07, 6.45) is 2.06. The van der Waals surface area contributed by atoms with E-state index < -0.39 is 5.97 Å². The third-order valence-electron chi connectivity index (χ3n) is 2.95. The van der Waals surface area contributed by atoms with Crippen molar-refractivity contribution in [3.05, 3.63) is 46.5 Å². The number of aliphatic carboxylic acids is 1. The van der Waals surface area contributed by atoms with Gasteiger partial charge in [-0.15, -0.1) is 0 Å². The van der Waals surface area contributed by atoms with Gasteiger partial charge in [0.25, 0.3) is 0 Å². The van der Waals surface area contributed by atoms with Crippen LogP contribution in [-0.2, 0) is 11.2 Å². The van der Waals surface area contributed by atoms with Crippen molar-refractivity contribution in [3.63, 3.8) is 0 Å². The van der Waals surface area contributed by atoms with Gasteiger partial charge in [0, 0.05) is 6.08 Å². The largest absolute Gasteiger partial charge is 0.478 e. The maximum atomic E-state index is 10.8. The second kappa shape index (κ2) is 5.67. The number of hydrogen-bond acceptors (Lipinski definition) is 1. The average Bonchev–Trinajstić information content (AvgIpc) is 2.21. The highest BCUT2D eigenvalue weighted by Gasteiger charge is 2.08. The lowest BCUT2D eigenvalue weighted by atomic mass is 9.92. The molecule has 0 aliphatic heterocycles. The summed E-state index contributed by atoms with van der Waals surface area (Å²) in [5.74, 6) is -0.606. The molecule has 0 unspecified atom stereocenters. The van der Waals surface area contributed by atoms with E-state index in [9.17, 15) is 4.79 Å². The van der Waals surface area contributed by atoms with Crippen molar-refractivity contribution < 1.29 is 9.90 Å². The normalized spacial score (nSPS) is 11.9. The Kier molecular flexibility index (Phi) is 4.50. The number of allylic oxidation sites excluding steroid dienone is 1. The zero-order valence-corrected chi connectivity index (χ0v) is 10.9. The van der Waals surface area contributed by atoms with Gasteiger partial charge in [-0.3, -0.25) is 0 Å². The number of hydrogen-bond donors (Lipinski definition) is 1. The molecule has 0 aliphatic rings. The lowest BCUT2D eigenvalue weighted by molar-refractivity contribution is -0.131. The van der Waals surface area contributed by atoms with E-state index >= 15 is 0 Å². The maximum absolute atomic E-state index is 10.8. The summed E-state index contributed by atoms with van der Waals surface area (Å²) in [4.78, 5) is 10.8. The molecule has 0 heterocycles. The van der Waals surface area contributed by atoms with Crippen molar-refractivity contribution in [1.29, 1.82) is 0 Å². The highest BCUT2D eigenvalue weighted by Crippen LogP contribution is 2.20. The molecule has 1 aromatic rings. The van der Waals surface area contributed by atoms with Gasteiger partial charge in [-0.1, -0.05) is 43.2 Å². The lowest BCUT2D eigenvalue weighted by Crippen LogP contribution is -2.04. The van der Waals surface area contributed by atoms with E-state index in [-0.39, 0.29) is 5.92 Å². The van der Waals surface area contributed by atoms with E-state index in [0.29, 0.717) is 0 Å². The molecule has 17 heavy (non-hydrogen) atoms. The van der Waals surface area contributed by atoms with Gasteiger partial charge >= 0.3 is 5.97 Å². The predicted molar refractivity (Wildman–Crippen MR) is 70.2 cm³/mol. The number of rotatable bonds is 4. The van der Waals surface area contributed by atoms with E-state index in [0.717, 1.165) is 12.0 Å². The first-order chi connectivity index (χ1) is 7.90. The van der Waals surface area contributed by atoms with Crippen LogP contribution in [0.2, 0.25) is 0 Å². The van der Waals surface area contributed by atoms with Crippen LogP contribution in [0, 0.1) is 19.8 Å². The molecule has 0 radical (unpaired) electrons. The Morgan fingerprint density at radius 2 is 2.00 bits per heavy atom. The van der Waals surface area contributed by atoms with Crippen LogP contribution < -0.4 is 0 Å². The Morgan fingerprint density at radius 3 is 2.53 bits per heavy atom. The van der Waals surface area contributed by atoms with Crippen LogP contribution >= 0.6 is 0 Å². The molecule has 0 aliphatic carbocycles. The number of benzene rings is 1. The van der Waals surface area contributed by atoms with Gasteiger partial charge in [-0.25, -0.2) is 4.79 Å². The van der Waals surface area contributed by atoms with E-state index in [1.165, 1.54) is 22.8 Å². The topological polar surface area (TPSA) is 37.3 Å². The quantitative estimate of drug-likeness (QED) is 0.806. The minimum atomic E-state index is -0.862. The molecule has 1 rings (SSSR count). The smallest absolute Gasteiger partial charge is 0.328 e. The van der Waals surface area contributed by atoms with Crippen molar-refractivity contribution in [2.75, 3.05) is 0 Å². The highest BCUT2D eigenvalue weighted by atomic mass is 16.4. The molecule has 92 valence electrons. The number of aryl methyl sites for hydroxylation is 2. The Labute approximate surface area is 103 Å². The first kappa shape index (κ1) is 13.5. The molecule has 2 nitrogen and oxygen atoms in total. The van der Waals surface area contributed by atoms with Gasteiger partial charge in [-0.05, 0) is 37.3 Å². The third kappa shape index (κ3) is 4.06. The molecule has 0 atom stereocenters. The van der Waals surface area contributed by atoms with Gasteiger partial charge in [0.1, 0.15) is 0 Å². The minimum Gasteiger partial charge on any atom is -0.478 e. The van der Waals surface area contributed by atoms with Gasteiger partial charge < -0.3 is 5.11 Å². The maximum Gasteiger partial charge on any atom is 0.328 e. The van der Waals surface area contributed by atoms with Gasteiger partial charge in [0.2, 0.25) is 0 Å². The summed E-state index contributed by atoms with van der Waals surface area (Å²) in [6, 6.07) is 6.30. The molecule has 0 saturated heterocycles. The first-order valence-corrected chi connectivity index (χ1v) is 5.89. The molecule has 0 aromatic heterocycles. The molecule has 0 spiro atoms. The Bertz CT molecular complexity index is 442. The molecule has 2 heteroatoms. The van der Waals surface area contributed by atoms with Crippen molar-refractivity contribution >= 4 is 5.97 Å². The Morgan fingerprint density at radius 1 is 1.35 bits per heavy atom. The number of carbonyl (C=O) groups is 1. The van der Waals surface area contributed by atoms with Gasteiger partial charge in [0.05, 0.1) is 0 Å². The summed E-state index contributed by atoms with van der Waals surface area (Å²) in [5, 5.41) is 8.86. The fraction of sp³-hybridized carbons (Fsp3) is 0.400. The predicted octanol–water partition coefficient (Wildman–Crippen LogP) is 3.51. The summed E-state index contributed by atoms with van der Waals surface area (Å²) in [5.41, 5.74) is 4.61. The lowest BCUT2D eigenvalue weighted by Gasteiger charge is -2.13. The molecule has 1 N–H and O–H groups in total. The minimum absolute atomic E-state index is 0.256. The zero-order valence-electron chi connectivity index (χ0n) is 10.9. The summed E-state index contributed by atoms with van der Waals surface area (Å²) in [7, 11) is 0. The standard InChI is InChI=1S/C15H20O2/c1-10(2)13(9-15(16)17)8-14-7-11(3)5-6-12(14)4/h5-7,9-10H,8H2,1-4H3,(H,16,17)/b13-9-. The SMILES string of the molecule is Cc1ccc(C)c(C/C(=C/C(=O)O)C(C)C)c1. The van der Waals surface area contributed by atoms with Crippen LogP contribution in [0.1, 0.15) is 30.5 Å². The number of carboxylic acid groups (broad SMARTS) is 1. The molecular formula is C15H20O2. The summed E-state index contributed by atoms with van der Waals surface area (Å²) in [6.45, 7) is 8.17. The number of carboxylic acids is 1. The van der Waals surface area contributed by atoms with Crippen LogP contribution in [0.25, 0.3) is 0 Å². The fourth-order valence-electron chi connectivity index (χ4n) is 1.79. The van der Waals surface area contributed by atoms with Crippen molar-refractivity contribution in [2.24, 2.45) is 5.92 Å². The monoisotopic (exact) mass is 232 g/mol. The van der Waals surface area contributed by atoms with E-state index in [1.807, 2.05) is 13.8 Å². The van der Waals surface area contributed by atoms with E-state index in [1.54, 1.807) is 0 Å². The summed E-state index contributed by atoms with van der Waals surface area (Å²) >= 11 is 0. The van der Waals surface area contributed by atoms with Crippen molar-refractivity contribution in [1.82, 2.24) is 0 Å². The van der Waals surface area contributed by atoms with Crippen LogP contribution in [0.15, 0.2) is 29.8 Å². The Balaban J connectivity index is 3.02. The van der Waals surface area contributed by atoms with Gasteiger partial charge in [0.15, 0.2) is 0 Å². The summed E-state index contributed by atoms with van der Waals surface area (Å²) < 4.78 is 0. The third-order valence-corrected chi connectivity index (χ3v) is 2.95. The van der Waals surface area contributed by atoms with Crippen LogP contribution in [-0.4, -0.2) is 11.1 Å². The fourth-order valence-corrected chi connectivity index (χ4v) is 1.79. The van der Waals surface area contributed by atoms with E-state index in [2.05, 4.69) is 32.0 Å². The zero-order chi connectivity index (χ0) is 13.0. The highest BCUT2D eigenvalue weighted by molar-refractivity contribution is 5.80. The molecule has 1 aromatic carbocycles. The van der Waals surface area contributed by atoms with Crippen LogP contribution in [0.5, 0.6) is 0 Å². The second-order valence-corrected chi connectivity index (χ2v) is 4.82.